The molecular weight excluding hydrogens is 832 g/mol. The van der Waals surface area contributed by atoms with Crippen LogP contribution in [0.5, 0.6) is 0 Å². The predicted molar refractivity (Wildman–Crippen MR) is 224 cm³/mol. The van der Waals surface area contributed by atoms with Crippen LogP contribution in [0.4, 0.5) is 0 Å². The van der Waals surface area contributed by atoms with E-state index in [0.717, 1.165) is 0 Å². The Balaban J connectivity index is 5.84. The fourth-order valence-electron chi connectivity index (χ4n) is 5.78. The zero-order valence-corrected chi connectivity index (χ0v) is 37.2. The average molecular weight is 901 g/mol. The molecule has 0 aliphatic heterocycles. The SMILES string of the molecule is CC(C)CC(N)C(=O)NC(CC(C)C)C(=O)NC(C(=O)NCC(=O)NC(CCC(N)=O)C(=O)NC(CCC(=O)O)C(=O)NC(C)C(=O)NCC(=O)NC(CC(C)C)C(=O)O)C(C)O. The molecule has 0 aromatic heterocycles. The number of carbonyl (C=O) groups excluding carboxylic acids is 9. The monoisotopic (exact) mass is 900 g/mol. The van der Waals surface area contributed by atoms with Crippen molar-refractivity contribution < 1.29 is 68.1 Å². The van der Waals surface area contributed by atoms with E-state index in [4.69, 9.17) is 11.5 Å². The summed E-state index contributed by atoms with van der Waals surface area (Å²) < 4.78 is 0. The lowest BCUT2D eigenvalue weighted by Gasteiger charge is -2.26. The minimum absolute atomic E-state index is 0.0673. The van der Waals surface area contributed by atoms with Gasteiger partial charge in [0, 0.05) is 12.8 Å². The lowest BCUT2D eigenvalue weighted by atomic mass is 10.00. The van der Waals surface area contributed by atoms with E-state index in [0.29, 0.717) is 6.42 Å². The summed E-state index contributed by atoms with van der Waals surface area (Å²) >= 11 is 0. The zero-order valence-electron chi connectivity index (χ0n) is 37.2. The number of amides is 9. The molecule has 0 rings (SSSR count). The van der Waals surface area contributed by atoms with Crippen LogP contribution in [-0.2, 0) is 52.7 Å². The van der Waals surface area contributed by atoms with Gasteiger partial charge in [-0.2, -0.15) is 0 Å². The van der Waals surface area contributed by atoms with Crippen molar-refractivity contribution in [2.45, 2.75) is 149 Å². The minimum atomic E-state index is -1.63. The van der Waals surface area contributed by atoms with Gasteiger partial charge in [0.1, 0.15) is 36.3 Å². The van der Waals surface area contributed by atoms with Crippen LogP contribution in [0.15, 0.2) is 0 Å². The Bertz CT molecular complexity index is 1620. The topological polar surface area (TPSA) is 397 Å². The van der Waals surface area contributed by atoms with Crippen LogP contribution in [0.3, 0.4) is 0 Å². The summed E-state index contributed by atoms with van der Waals surface area (Å²) in [6.07, 6.45) is -2.93. The van der Waals surface area contributed by atoms with Crippen LogP contribution in [-0.4, -0.2) is 142 Å². The van der Waals surface area contributed by atoms with E-state index in [1.165, 1.54) is 13.8 Å². The first-order chi connectivity index (χ1) is 29.1. The Kier molecular flexibility index (Phi) is 26.0. The summed E-state index contributed by atoms with van der Waals surface area (Å²) in [5, 5.41) is 47.5. The van der Waals surface area contributed by atoms with Gasteiger partial charge in [-0.15, -0.1) is 0 Å². The van der Waals surface area contributed by atoms with Crippen molar-refractivity contribution in [3.8, 4) is 0 Å². The molecule has 0 saturated carbocycles. The van der Waals surface area contributed by atoms with Crippen molar-refractivity contribution >= 4 is 65.1 Å². The lowest BCUT2D eigenvalue weighted by Crippen LogP contribution is -2.59. The molecule has 0 saturated heterocycles. The maximum absolute atomic E-state index is 13.4. The van der Waals surface area contributed by atoms with Gasteiger partial charge in [0.2, 0.25) is 53.2 Å². The number of carbonyl (C=O) groups is 11. The van der Waals surface area contributed by atoms with Gasteiger partial charge >= 0.3 is 11.9 Å². The van der Waals surface area contributed by atoms with Crippen LogP contribution >= 0.6 is 0 Å². The van der Waals surface area contributed by atoms with Crippen molar-refractivity contribution in [2.24, 2.45) is 29.2 Å². The maximum atomic E-state index is 13.4. The molecule has 0 aliphatic rings. The van der Waals surface area contributed by atoms with Gasteiger partial charge in [-0.3, -0.25) is 47.9 Å². The summed E-state index contributed by atoms with van der Waals surface area (Å²) in [5.74, 6) is -10.9. The minimum Gasteiger partial charge on any atom is -0.481 e. The second-order valence-corrected chi connectivity index (χ2v) is 16.5. The third-order valence-corrected chi connectivity index (χ3v) is 9.01. The largest absolute Gasteiger partial charge is 0.481 e. The maximum Gasteiger partial charge on any atom is 0.326 e. The molecule has 0 fully saturated rings. The Hall–Kier alpha value is -5.91. The summed E-state index contributed by atoms with van der Waals surface area (Å²) in [7, 11) is 0. The van der Waals surface area contributed by atoms with Gasteiger partial charge in [0.05, 0.1) is 25.2 Å². The molecule has 0 radical (unpaired) electrons. The van der Waals surface area contributed by atoms with E-state index in [2.05, 4.69) is 42.5 Å². The summed E-state index contributed by atoms with van der Waals surface area (Å²) in [4.78, 5) is 138. The smallest absolute Gasteiger partial charge is 0.326 e. The van der Waals surface area contributed by atoms with Crippen LogP contribution < -0.4 is 54.0 Å². The number of hydrogen-bond acceptors (Lipinski definition) is 13. The predicted octanol–water partition coefficient (Wildman–Crippen LogP) is -3.79. The van der Waals surface area contributed by atoms with E-state index in [1.807, 2.05) is 13.8 Å². The molecule has 24 nitrogen and oxygen atoms in total. The number of aliphatic hydroxyl groups is 1. The summed E-state index contributed by atoms with van der Waals surface area (Å²) in [6.45, 7) is 11.8. The zero-order chi connectivity index (χ0) is 48.7. The van der Waals surface area contributed by atoms with Gasteiger partial charge in [-0.1, -0.05) is 41.5 Å². The standard InChI is InChI=1S/C39H68N10O14/c1-18(2)13-23(40)34(57)48-26(14-19(3)4)37(60)49-32(22(8)50)38(61)43-17-29(52)45-24(9-11-28(41)51)36(59)47-25(10-12-31(54)55)35(58)44-21(7)33(56)42-16-30(53)46-27(39(62)63)15-20(5)6/h18-27,32,50H,9-17,40H2,1-8H3,(H2,41,51)(H,42,56)(H,43,61)(H,44,58)(H,45,52)(H,46,53)(H,47,59)(H,48,57)(H,49,60)(H,54,55)(H,62,63). The number of primary amides is 1. The van der Waals surface area contributed by atoms with Crippen molar-refractivity contribution in [1.29, 1.82) is 0 Å². The Morgan fingerprint density at radius 2 is 0.921 bits per heavy atom. The first kappa shape index (κ1) is 57.1. The van der Waals surface area contributed by atoms with Crippen LogP contribution in [0, 0.1) is 17.8 Å². The number of rotatable bonds is 30. The first-order valence-corrected chi connectivity index (χ1v) is 20.7. The van der Waals surface area contributed by atoms with E-state index in [1.54, 1.807) is 27.7 Å². The highest BCUT2D eigenvalue weighted by molar-refractivity contribution is 5.97. The van der Waals surface area contributed by atoms with Crippen molar-refractivity contribution in [3.05, 3.63) is 0 Å². The Morgan fingerprint density at radius 1 is 0.492 bits per heavy atom. The normalized spacial score (nSPS) is 14.9. The third-order valence-electron chi connectivity index (χ3n) is 9.01. The van der Waals surface area contributed by atoms with Crippen molar-refractivity contribution in [1.82, 2.24) is 42.5 Å². The number of aliphatic hydroxyl groups excluding tert-OH is 1. The molecule has 0 bridgehead atoms. The Labute approximate surface area is 366 Å². The molecule has 9 amide bonds. The number of nitrogens with two attached hydrogens (primary N) is 2. The highest BCUT2D eigenvalue weighted by atomic mass is 16.4. The molecule has 24 heteroatoms. The molecule has 8 atom stereocenters. The van der Waals surface area contributed by atoms with Gasteiger partial charge in [-0.05, 0) is 63.7 Å². The molecular formula is C39H68N10O14. The summed E-state index contributed by atoms with van der Waals surface area (Å²) in [5.41, 5.74) is 11.2. The first-order valence-electron chi connectivity index (χ1n) is 20.7. The molecule has 8 unspecified atom stereocenters. The fourth-order valence-corrected chi connectivity index (χ4v) is 5.78. The number of carboxylic acids is 2. The second-order valence-electron chi connectivity index (χ2n) is 16.5. The molecule has 15 N–H and O–H groups in total. The summed E-state index contributed by atoms with van der Waals surface area (Å²) in [6, 6.07) is -9.46. The van der Waals surface area contributed by atoms with E-state index in [9.17, 15) is 68.1 Å². The van der Waals surface area contributed by atoms with Gasteiger partial charge in [0.15, 0.2) is 0 Å². The highest BCUT2D eigenvalue weighted by Gasteiger charge is 2.33. The lowest BCUT2D eigenvalue weighted by molar-refractivity contribution is -0.142. The molecule has 358 valence electrons. The van der Waals surface area contributed by atoms with Gasteiger partial charge < -0.3 is 69.3 Å². The van der Waals surface area contributed by atoms with E-state index in [-0.39, 0.29) is 30.6 Å². The third kappa shape index (κ3) is 24.4. The molecule has 0 spiro atoms. The molecule has 0 aliphatic carbocycles. The average Bonchev–Trinajstić information content (AvgIpc) is 3.16. The number of aliphatic carboxylic acids is 2. The van der Waals surface area contributed by atoms with Gasteiger partial charge in [-0.25, -0.2) is 4.79 Å². The second kappa shape index (κ2) is 28.6. The fraction of sp³-hybridized carbons (Fsp3) is 0.718. The Morgan fingerprint density at radius 3 is 1.40 bits per heavy atom. The van der Waals surface area contributed by atoms with Crippen LogP contribution in [0.25, 0.3) is 0 Å². The highest BCUT2D eigenvalue weighted by Crippen LogP contribution is 2.10. The van der Waals surface area contributed by atoms with Gasteiger partial charge in [0.25, 0.3) is 0 Å². The molecule has 63 heavy (non-hydrogen) atoms. The van der Waals surface area contributed by atoms with Crippen LogP contribution in [0.2, 0.25) is 0 Å². The van der Waals surface area contributed by atoms with Crippen molar-refractivity contribution in [3.63, 3.8) is 0 Å². The molecule has 0 aromatic carbocycles. The van der Waals surface area contributed by atoms with E-state index >= 15 is 0 Å². The molecule has 0 aromatic rings. The van der Waals surface area contributed by atoms with Crippen LogP contribution in [0.1, 0.15) is 100 Å². The number of carboxylic acid groups (broad SMARTS) is 2. The molecule has 0 heterocycles. The van der Waals surface area contributed by atoms with Crippen molar-refractivity contribution in [2.75, 3.05) is 13.1 Å². The quantitative estimate of drug-likeness (QED) is 0.0329. The number of hydrogen-bond donors (Lipinski definition) is 13. The van der Waals surface area contributed by atoms with E-state index < -0.39 is 152 Å². The number of nitrogens with one attached hydrogen (secondary N) is 8.